The lowest BCUT2D eigenvalue weighted by Crippen LogP contribution is -2.41. The van der Waals surface area contributed by atoms with Crippen LogP contribution < -0.4 is 5.32 Å². The van der Waals surface area contributed by atoms with Crippen LogP contribution in [0.1, 0.15) is 29.7 Å². The number of nitrogens with one attached hydrogen (secondary N) is 1. The maximum atomic E-state index is 5.62. The van der Waals surface area contributed by atoms with E-state index in [1.54, 1.807) is 11.3 Å². The van der Waals surface area contributed by atoms with Crippen LogP contribution in [-0.2, 0) is 11.2 Å². The molecule has 7 heteroatoms. The highest BCUT2D eigenvalue weighted by atomic mass is 127. The molecule has 1 atom stereocenters. The Morgan fingerprint density at radius 1 is 1.52 bits per heavy atom. The van der Waals surface area contributed by atoms with Crippen molar-refractivity contribution in [3.8, 4) is 0 Å². The number of rotatable bonds is 4. The zero-order valence-corrected chi connectivity index (χ0v) is 17.2. The summed E-state index contributed by atoms with van der Waals surface area (Å²) in [6, 6.07) is 0. The summed E-state index contributed by atoms with van der Waals surface area (Å²) in [6.45, 7) is 9.95. The molecule has 0 radical (unpaired) electrons. The van der Waals surface area contributed by atoms with Crippen LogP contribution in [0.3, 0.4) is 0 Å². The first kappa shape index (κ1) is 18.9. The Hall–Kier alpha value is -0.410. The van der Waals surface area contributed by atoms with Gasteiger partial charge in [-0.25, -0.2) is 4.98 Å². The molecule has 1 N–H and O–H groups in total. The van der Waals surface area contributed by atoms with E-state index in [0.29, 0.717) is 5.41 Å². The minimum absolute atomic E-state index is 0. The molecule has 1 unspecified atom stereocenters. The molecule has 0 saturated carbocycles. The zero-order valence-electron chi connectivity index (χ0n) is 14.0. The smallest absolute Gasteiger partial charge is 0.193 e. The SMILES string of the molecule is CCNC(=NCCc1ncc(C)s1)N1CCC2(CCOC2)C1.I. The molecule has 5 nitrogen and oxygen atoms in total. The van der Waals surface area contributed by atoms with Gasteiger partial charge < -0.3 is 15.0 Å². The number of likely N-dealkylation sites (tertiary alicyclic amines) is 1. The molecule has 3 heterocycles. The fraction of sp³-hybridized carbons (Fsp3) is 0.750. The molecule has 2 fully saturated rings. The van der Waals surface area contributed by atoms with Crippen LogP contribution in [-0.4, -0.2) is 55.2 Å². The molecule has 2 aliphatic heterocycles. The van der Waals surface area contributed by atoms with E-state index in [0.717, 1.165) is 51.8 Å². The van der Waals surface area contributed by atoms with E-state index in [1.807, 2.05) is 6.20 Å². The van der Waals surface area contributed by atoms with Gasteiger partial charge >= 0.3 is 0 Å². The minimum atomic E-state index is 0. The number of guanidine groups is 1. The van der Waals surface area contributed by atoms with E-state index in [2.05, 4.69) is 29.0 Å². The number of halogens is 1. The molecule has 0 amide bonds. The molecule has 0 bridgehead atoms. The molecule has 2 aliphatic rings. The lowest BCUT2D eigenvalue weighted by Gasteiger charge is -2.24. The van der Waals surface area contributed by atoms with Gasteiger partial charge in [0.15, 0.2) is 5.96 Å². The number of nitrogens with zero attached hydrogens (tertiary/aromatic N) is 3. The largest absolute Gasteiger partial charge is 0.381 e. The zero-order chi connectivity index (χ0) is 15.4. The van der Waals surface area contributed by atoms with Crippen molar-refractivity contribution in [2.45, 2.75) is 33.1 Å². The van der Waals surface area contributed by atoms with Gasteiger partial charge in [-0.05, 0) is 26.7 Å². The summed E-state index contributed by atoms with van der Waals surface area (Å²) in [6.07, 6.45) is 5.29. The molecule has 1 aromatic rings. The van der Waals surface area contributed by atoms with Crippen LogP contribution in [0.15, 0.2) is 11.2 Å². The van der Waals surface area contributed by atoms with Crippen LogP contribution in [0, 0.1) is 12.3 Å². The molecule has 0 aromatic carbocycles. The van der Waals surface area contributed by atoms with E-state index >= 15 is 0 Å². The quantitative estimate of drug-likeness (QED) is 0.436. The van der Waals surface area contributed by atoms with E-state index < -0.39 is 0 Å². The number of ether oxygens (including phenoxy) is 1. The van der Waals surface area contributed by atoms with Gasteiger partial charge in [0.1, 0.15) is 0 Å². The van der Waals surface area contributed by atoms with Crippen molar-refractivity contribution in [2.75, 3.05) is 39.4 Å². The third-order valence-corrected chi connectivity index (χ3v) is 5.49. The lowest BCUT2D eigenvalue weighted by atomic mass is 9.87. The minimum Gasteiger partial charge on any atom is -0.381 e. The molecule has 2 saturated heterocycles. The highest BCUT2D eigenvalue weighted by Crippen LogP contribution is 2.38. The molecular weight excluding hydrogens is 423 g/mol. The Morgan fingerprint density at radius 3 is 3.04 bits per heavy atom. The topological polar surface area (TPSA) is 49.8 Å². The number of aliphatic imine (C=N–C) groups is 1. The van der Waals surface area contributed by atoms with Crippen LogP contribution in [0.4, 0.5) is 0 Å². The normalized spacial score (nSPS) is 24.3. The lowest BCUT2D eigenvalue weighted by molar-refractivity contribution is 0.156. The Labute approximate surface area is 159 Å². The van der Waals surface area contributed by atoms with Crippen LogP contribution in [0.25, 0.3) is 0 Å². The van der Waals surface area contributed by atoms with Crippen LogP contribution in [0.5, 0.6) is 0 Å². The average Bonchev–Trinajstić information content (AvgIpc) is 3.22. The van der Waals surface area contributed by atoms with Crippen LogP contribution in [0.2, 0.25) is 0 Å². The summed E-state index contributed by atoms with van der Waals surface area (Å²) in [5.41, 5.74) is 0.378. The number of aryl methyl sites for hydroxylation is 1. The van der Waals surface area contributed by atoms with Crippen molar-refractivity contribution < 1.29 is 4.74 Å². The number of aromatic nitrogens is 1. The second-order valence-corrected chi connectivity index (χ2v) is 7.64. The monoisotopic (exact) mass is 450 g/mol. The van der Waals surface area contributed by atoms with E-state index in [4.69, 9.17) is 9.73 Å². The van der Waals surface area contributed by atoms with Gasteiger partial charge in [-0.3, -0.25) is 4.99 Å². The first-order chi connectivity index (χ1) is 10.7. The first-order valence-corrected chi connectivity index (χ1v) is 9.05. The van der Waals surface area contributed by atoms with Gasteiger partial charge in [-0.15, -0.1) is 35.3 Å². The second-order valence-electron chi connectivity index (χ2n) is 6.32. The van der Waals surface area contributed by atoms with Gasteiger partial charge in [0, 0.05) is 55.7 Å². The van der Waals surface area contributed by atoms with Crippen molar-refractivity contribution in [1.82, 2.24) is 15.2 Å². The van der Waals surface area contributed by atoms with E-state index in [-0.39, 0.29) is 24.0 Å². The Balaban J connectivity index is 0.00000192. The van der Waals surface area contributed by atoms with Gasteiger partial charge in [0.25, 0.3) is 0 Å². The molecule has 3 rings (SSSR count). The maximum Gasteiger partial charge on any atom is 0.193 e. The Morgan fingerprint density at radius 2 is 2.39 bits per heavy atom. The predicted molar refractivity (Wildman–Crippen MR) is 106 cm³/mol. The third-order valence-electron chi connectivity index (χ3n) is 4.51. The molecular formula is C16H27IN4OS. The molecule has 1 spiro atoms. The fourth-order valence-electron chi connectivity index (χ4n) is 3.29. The summed E-state index contributed by atoms with van der Waals surface area (Å²) >= 11 is 1.77. The summed E-state index contributed by atoms with van der Waals surface area (Å²) in [4.78, 5) is 12.9. The van der Waals surface area contributed by atoms with Gasteiger partial charge in [-0.2, -0.15) is 0 Å². The van der Waals surface area contributed by atoms with Crippen molar-refractivity contribution >= 4 is 41.3 Å². The summed E-state index contributed by atoms with van der Waals surface area (Å²) < 4.78 is 5.62. The van der Waals surface area contributed by atoms with Crippen molar-refractivity contribution in [1.29, 1.82) is 0 Å². The molecule has 0 aliphatic carbocycles. The Kier molecular flexibility index (Phi) is 7.09. The van der Waals surface area contributed by atoms with E-state index in [1.165, 1.54) is 22.7 Å². The standard InChI is InChI=1S/C16H26N4OS.HI/c1-3-17-15(18-7-4-14-19-10-13(2)22-14)20-8-5-16(11-20)6-9-21-12-16;/h10H,3-9,11-12H2,1-2H3,(H,17,18);1H. The summed E-state index contributed by atoms with van der Waals surface area (Å²) in [5.74, 6) is 1.06. The summed E-state index contributed by atoms with van der Waals surface area (Å²) in [7, 11) is 0. The maximum absolute atomic E-state index is 5.62. The fourth-order valence-corrected chi connectivity index (χ4v) is 4.06. The molecule has 1 aromatic heterocycles. The first-order valence-electron chi connectivity index (χ1n) is 8.23. The highest BCUT2D eigenvalue weighted by molar-refractivity contribution is 14.0. The van der Waals surface area contributed by atoms with E-state index in [9.17, 15) is 0 Å². The molecule has 130 valence electrons. The Bertz CT molecular complexity index is 528. The average molecular weight is 450 g/mol. The number of hydrogen-bond donors (Lipinski definition) is 1. The van der Waals surface area contributed by atoms with Crippen molar-refractivity contribution in [3.63, 3.8) is 0 Å². The van der Waals surface area contributed by atoms with Gasteiger partial charge in [0.05, 0.1) is 11.6 Å². The number of thiazole rings is 1. The van der Waals surface area contributed by atoms with Crippen molar-refractivity contribution in [3.05, 3.63) is 16.1 Å². The van der Waals surface area contributed by atoms with Crippen LogP contribution >= 0.6 is 35.3 Å². The second kappa shape index (κ2) is 8.62. The molecule has 23 heavy (non-hydrogen) atoms. The predicted octanol–water partition coefficient (Wildman–Crippen LogP) is 2.69. The summed E-state index contributed by atoms with van der Waals surface area (Å²) in [5, 5.41) is 4.62. The van der Waals surface area contributed by atoms with Gasteiger partial charge in [-0.1, -0.05) is 0 Å². The highest BCUT2D eigenvalue weighted by Gasteiger charge is 2.42. The number of hydrogen-bond acceptors (Lipinski definition) is 4. The van der Waals surface area contributed by atoms with Crippen molar-refractivity contribution in [2.24, 2.45) is 10.4 Å². The van der Waals surface area contributed by atoms with Gasteiger partial charge in [0.2, 0.25) is 0 Å². The third kappa shape index (κ3) is 4.79.